The number of nitrogens with one attached hydrogen (secondary N) is 2. The van der Waals surface area contributed by atoms with Crippen molar-refractivity contribution in [3.05, 3.63) is 29.3 Å². The molecule has 0 aliphatic carbocycles. The molecule has 1 heterocycles. The quantitative estimate of drug-likeness (QED) is 0.737. The monoisotopic (exact) mass is 312 g/mol. The molecule has 1 saturated heterocycles. The average Bonchev–Trinajstić information content (AvgIpc) is 2.41. The summed E-state index contributed by atoms with van der Waals surface area (Å²) in [6.07, 6.45) is 1.11. The second kappa shape index (κ2) is 5.82. The van der Waals surface area contributed by atoms with Crippen LogP contribution in [0.4, 0.5) is 0 Å². The first-order valence-electron chi connectivity index (χ1n) is 6.45. The molecule has 0 radical (unpaired) electrons. The Kier molecular flexibility index (Phi) is 4.29. The molecule has 0 aromatic heterocycles. The van der Waals surface area contributed by atoms with Crippen LogP contribution >= 0.6 is 0 Å². The van der Waals surface area contributed by atoms with Gasteiger partial charge in [0.15, 0.2) is 0 Å². The van der Waals surface area contributed by atoms with Gasteiger partial charge in [0.1, 0.15) is 6.04 Å². The van der Waals surface area contributed by atoms with Crippen LogP contribution in [0.2, 0.25) is 0 Å². The Balaban J connectivity index is 2.32. The highest BCUT2D eigenvalue weighted by Gasteiger charge is 2.28. The molecule has 1 atom stereocenters. The fraction of sp³-hybridized carbons (Fsp3) is 0.385. The van der Waals surface area contributed by atoms with Crippen molar-refractivity contribution in [2.75, 3.05) is 6.54 Å². The number of rotatable bonds is 4. The van der Waals surface area contributed by atoms with E-state index in [2.05, 4.69) is 10.0 Å². The highest BCUT2D eigenvalue weighted by Crippen LogP contribution is 2.18. The highest BCUT2D eigenvalue weighted by molar-refractivity contribution is 7.89. The second-order valence-corrected chi connectivity index (χ2v) is 6.57. The lowest BCUT2D eigenvalue weighted by Gasteiger charge is -2.23. The lowest BCUT2D eigenvalue weighted by atomic mass is 10.1. The number of sulfonamides is 1. The Labute approximate surface area is 122 Å². The number of carboxylic acids is 1. The van der Waals surface area contributed by atoms with Crippen molar-refractivity contribution in [1.82, 2.24) is 10.0 Å². The maximum Gasteiger partial charge on any atom is 0.335 e. The van der Waals surface area contributed by atoms with E-state index in [1.54, 1.807) is 6.92 Å². The van der Waals surface area contributed by atoms with E-state index in [4.69, 9.17) is 5.11 Å². The van der Waals surface area contributed by atoms with E-state index in [1.165, 1.54) is 12.1 Å². The molecule has 1 amide bonds. The summed E-state index contributed by atoms with van der Waals surface area (Å²) in [6, 6.07) is 3.04. The van der Waals surface area contributed by atoms with Gasteiger partial charge >= 0.3 is 5.97 Å². The first-order chi connectivity index (χ1) is 9.81. The molecule has 1 fully saturated rings. The van der Waals surface area contributed by atoms with Crippen LogP contribution in [0.5, 0.6) is 0 Å². The summed E-state index contributed by atoms with van der Waals surface area (Å²) in [7, 11) is -3.95. The lowest BCUT2D eigenvalue weighted by molar-refractivity contribution is -0.124. The normalized spacial score (nSPS) is 19.1. The van der Waals surface area contributed by atoms with Gasteiger partial charge < -0.3 is 10.4 Å². The summed E-state index contributed by atoms with van der Waals surface area (Å²) < 4.78 is 27.1. The van der Waals surface area contributed by atoms with Crippen molar-refractivity contribution in [3.63, 3.8) is 0 Å². The van der Waals surface area contributed by atoms with Gasteiger partial charge in [-0.15, -0.1) is 0 Å². The predicted octanol–water partition coefficient (Wildman–Crippen LogP) is 0.250. The van der Waals surface area contributed by atoms with Crippen LogP contribution in [-0.2, 0) is 14.8 Å². The number of benzene rings is 1. The summed E-state index contributed by atoms with van der Waals surface area (Å²) in [4.78, 5) is 22.5. The van der Waals surface area contributed by atoms with E-state index >= 15 is 0 Å². The maximum absolute atomic E-state index is 12.4. The largest absolute Gasteiger partial charge is 0.478 e. The topological polar surface area (TPSA) is 113 Å². The average molecular weight is 312 g/mol. The number of piperidine rings is 1. The third kappa shape index (κ3) is 3.40. The number of amides is 1. The van der Waals surface area contributed by atoms with Crippen molar-refractivity contribution in [3.8, 4) is 0 Å². The fourth-order valence-corrected chi connectivity index (χ4v) is 3.66. The number of carboxylic acid groups (broad SMARTS) is 1. The zero-order valence-electron chi connectivity index (χ0n) is 11.4. The van der Waals surface area contributed by atoms with Gasteiger partial charge in [-0.25, -0.2) is 13.2 Å². The van der Waals surface area contributed by atoms with Gasteiger partial charge in [0.2, 0.25) is 15.9 Å². The van der Waals surface area contributed by atoms with Crippen LogP contribution < -0.4 is 10.0 Å². The van der Waals surface area contributed by atoms with E-state index in [9.17, 15) is 18.0 Å². The summed E-state index contributed by atoms with van der Waals surface area (Å²) in [6.45, 7) is 2.10. The van der Waals surface area contributed by atoms with E-state index in [0.29, 0.717) is 24.9 Å². The van der Waals surface area contributed by atoms with E-state index in [0.717, 1.165) is 6.07 Å². The van der Waals surface area contributed by atoms with Crippen molar-refractivity contribution in [2.45, 2.75) is 30.7 Å². The Morgan fingerprint density at radius 2 is 2.14 bits per heavy atom. The van der Waals surface area contributed by atoms with Crippen molar-refractivity contribution >= 4 is 21.9 Å². The third-order valence-corrected chi connectivity index (χ3v) is 4.92. The SMILES string of the molecule is Cc1ccc(C(=O)O)cc1S(=O)(=O)NC1CCCNC1=O. The summed E-state index contributed by atoms with van der Waals surface area (Å²) in [5.41, 5.74) is 0.304. The number of hydrogen-bond acceptors (Lipinski definition) is 4. The third-order valence-electron chi connectivity index (χ3n) is 3.31. The molecule has 1 aliphatic rings. The molecule has 1 aliphatic heterocycles. The fourth-order valence-electron chi connectivity index (χ4n) is 2.16. The Hall–Kier alpha value is -1.93. The van der Waals surface area contributed by atoms with Crippen LogP contribution in [0.3, 0.4) is 0 Å². The molecule has 114 valence electrons. The summed E-state index contributed by atoms with van der Waals surface area (Å²) >= 11 is 0. The number of carbonyl (C=O) groups is 2. The zero-order valence-corrected chi connectivity index (χ0v) is 12.2. The first-order valence-corrected chi connectivity index (χ1v) is 7.93. The van der Waals surface area contributed by atoms with Crippen LogP contribution in [0.25, 0.3) is 0 Å². The lowest BCUT2D eigenvalue weighted by Crippen LogP contribution is -2.50. The van der Waals surface area contributed by atoms with Gasteiger partial charge in [-0.2, -0.15) is 4.72 Å². The molecule has 8 heteroatoms. The molecule has 0 saturated carbocycles. The van der Waals surface area contributed by atoms with Gasteiger partial charge in [0.05, 0.1) is 10.5 Å². The molecule has 2 rings (SSSR count). The molecular weight excluding hydrogens is 296 g/mol. The van der Waals surface area contributed by atoms with Crippen LogP contribution in [-0.4, -0.2) is 38.0 Å². The van der Waals surface area contributed by atoms with Crippen LogP contribution in [0, 0.1) is 6.92 Å². The van der Waals surface area contributed by atoms with Gasteiger partial charge in [-0.05, 0) is 37.5 Å². The molecule has 21 heavy (non-hydrogen) atoms. The minimum atomic E-state index is -3.95. The molecule has 1 aromatic carbocycles. The predicted molar refractivity (Wildman–Crippen MR) is 74.5 cm³/mol. The Morgan fingerprint density at radius 3 is 2.76 bits per heavy atom. The standard InChI is InChI=1S/C13H16N2O5S/c1-8-4-5-9(13(17)18)7-11(8)21(19,20)15-10-3-2-6-14-12(10)16/h4-5,7,10,15H,2-3,6H2,1H3,(H,14,16)(H,17,18). The van der Waals surface area contributed by atoms with Gasteiger partial charge in [-0.3, -0.25) is 4.79 Å². The molecule has 1 aromatic rings. The highest BCUT2D eigenvalue weighted by atomic mass is 32.2. The molecule has 1 unspecified atom stereocenters. The second-order valence-electron chi connectivity index (χ2n) is 4.89. The zero-order chi connectivity index (χ0) is 15.6. The number of aryl methyl sites for hydroxylation is 1. The summed E-state index contributed by atoms with van der Waals surface area (Å²) in [5, 5.41) is 11.5. The summed E-state index contributed by atoms with van der Waals surface area (Å²) in [5.74, 6) is -1.57. The molecule has 0 spiro atoms. The number of carbonyl (C=O) groups excluding carboxylic acids is 1. The van der Waals surface area contributed by atoms with E-state index < -0.39 is 22.0 Å². The molecule has 7 nitrogen and oxygen atoms in total. The first kappa shape index (κ1) is 15.5. The molecule has 3 N–H and O–H groups in total. The van der Waals surface area contributed by atoms with E-state index in [-0.39, 0.29) is 16.4 Å². The van der Waals surface area contributed by atoms with Crippen molar-refractivity contribution < 1.29 is 23.1 Å². The number of aromatic carboxylic acids is 1. The van der Waals surface area contributed by atoms with Gasteiger partial charge in [0, 0.05) is 6.54 Å². The molecular formula is C13H16N2O5S. The Morgan fingerprint density at radius 1 is 1.43 bits per heavy atom. The minimum absolute atomic E-state index is 0.117. The maximum atomic E-state index is 12.4. The Bertz CT molecular complexity index is 684. The van der Waals surface area contributed by atoms with E-state index in [1.807, 2.05) is 0 Å². The van der Waals surface area contributed by atoms with Crippen LogP contribution in [0.1, 0.15) is 28.8 Å². The van der Waals surface area contributed by atoms with Crippen molar-refractivity contribution in [1.29, 1.82) is 0 Å². The van der Waals surface area contributed by atoms with Gasteiger partial charge in [0.25, 0.3) is 0 Å². The molecule has 0 bridgehead atoms. The minimum Gasteiger partial charge on any atom is -0.478 e. The van der Waals surface area contributed by atoms with Crippen molar-refractivity contribution in [2.24, 2.45) is 0 Å². The number of hydrogen-bond donors (Lipinski definition) is 3. The van der Waals surface area contributed by atoms with Gasteiger partial charge in [-0.1, -0.05) is 6.07 Å². The van der Waals surface area contributed by atoms with Crippen LogP contribution in [0.15, 0.2) is 23.1 Å². The smallest absolute Gasteiger partial charge is 0.335 e.